The molecular formula is C10H12ClOP. The molecule has 0 N–H and O–H groups in total. The summed E-state index contributed by atoms with van der Waals surface area (Å²) in [5.41, 5.74) is 0.172. The van der Waals surface area contributed by atoms with Crippen molar-refractivity contribution in [2.24, 2.45) is 0 Å². The second-order valence-corrected chi connectivity index (χ2v) is 5.38. The van der Waals surface area contributed by atoms with Gasteiger partial charge in [0.1, 0.15) is 0 Å². The monoisotopic (exact) mass is 214 g/mol. The largest absolute Gasteiger partial charge is 0.293 e. The van der Waals surface area contributed by atoms with Crippen molar-refractivity contribution in [1.29, 1.82) is 0 Å². The van der Waals surface area contributed by atoms with Crippen molar-refractivity contribution in [2.45, 2.75) is 6.92 Å². The summed E-state index contributed by atoms with van der Waals surface area (Å²) in [5.74, 6) is 0.133. The fraction of sp³-hybridized carbons (Fsp3) is 0.300. The molecule has 0 spiro atoms. The van der Waals surface area contributed by atoms with Crippen molar-refractivity contribution in [3.05, 3.63) is 30.3 Å². The van der Waals surface area contributed by atoms with Crippen LogP contribution in [0.3, 0.4) is 0 Å². The predicted molar refractivity (Wildman–Crippen MR) is 59.3 cm³/mol. The summed E-state index contributed by atoms with van der Waals surface area (Å²) in [5, 5.41) is 1.13. The molecule has 3 heteroatoms. The lowest BCUT2D eigenvalue weighted by molar-refractivity contribution is -0.109. The van der Waals surface area contributed by atoms with Crippen LogP contribution in [0.4, 0.5) is 0 Å². The smallest absolute Gasteiger partial charge is 0.173 e. The molecule has 0 fully saturated rings. The van der Waals surface area contributed by atoms with Gasteiger partial charge in [0.05, 0.1) is 5.88 Å². The Kier molecular flexibility index (Phi) is 4.41. The fourth-order valence-electron chi connectivity index (χ4n) is 1.18. The summed E-state index contributed by atoms with van der Waals surface area (Å²) >= 11 is 5.54. The van der Waals surface area contributed by atoms with E-state index in [0.29, 0.717) is 0 Å². The number of alkyl halides is 1. The van der Waals surface area contributed by atoms with E-state index in [1.54, 1.807) is 0 Å². The maximum atomic E-state index is 11.4. The van der Waals surface area contributed by atoms with E-state index < -0.39 is 7.92 Å². The first-order valence-electron chi connectivity index (χ1n) is 4.21. The molecule has 0 radical (unpaired) electrons. The second kappa shape index (κ2) is 5.36. The molecule has 13 heavy (non-hydrogen) atoms. The molecule has 1 nitrogen and oxygen atoms in total. The van der Waals surface area contributed by atoms with E-state index in [-0.39, 0.29) is 11.4 Å². The molecule has 0 aliphatic heterocycles. The van der Waals surface area contributed by atoms with Crippen LogP contribution >= 0.6 is 19.5 Å². The average molecular weight is 215 g/mol. The summed E-state index contributed by atoms with van der Waals surface area (Å²) in [6, 6.07) is 9.88. The number of carbonyl (C=O) groups excluding carboxylic acids is 1. The number of halogens is 1. The van der Waals surface area contributed by atoms with Gasteiger partial charge in [0, 0.05) is 0 Å². The lowest BCUT2D eigenvalue weighted by Gasteiger charge is -2.12. The minimum atomic E-state index is -0.686. The third-order valence-corrected chi connectivity index (χ3v) is 4.54. The first-order chi connectivity index (χ1) is 6.29. The molecule has 0 aliphatic carbocycles. The molecule has 1 aromatic rings. The van der Waals surface area contributed by atoms with Crippen LogP contribution in [0.2, 0.25) is 0 Å². The molecule has 1 unspecified atom stereocenters. The molecule has 70 valence electrons. The molecule has 0 saturated carbocycles. The summed E-state index contributed by atoms with van der Waals surface area (Å²) in [6.07, 6.45) is 0.880. The molecule has 0 aromatic heterocycles. The number of carbonyl (C=O) groups is 1. The summed E-state index contributed by atoms with van der Waals surface area (Å²) in [7, 11) is -0.686. The zero-order valence-corrected chi connectivity index (χ0v) is 9.18. The van der Waals surface area contributed by atoms with Gasteiger partial charge in [-0.15, -0.1) is 11.6 Å². The number of rotatable bonds is 4. The van der Waals surface area contributed by atoms with Crippen LogP contribution in [-0.4, -0.2) is 17.6 Å². The standard InChI is InChI=1S/C10H12ClOP/c1-2-13(10(12)8-11)9-6-4-3-5-7-9/h3-7H,2,8H2,1H3. The van der Waals surface area contributed by atoms with E-state index in [4.69, 9.17) is 11.6 Å². The molecule has 0 bridgehead atoms. The van der Waals surface area contributed by atoms with E-state index in [0.717, 1.165) is 11.5 Å². The number of hydrogen-bond donors (Lipinski definition) is 0. The Morgan fingerprint density at radius 3 is 2.46 bits per heavy atom. The topological polar surface area (TPSA) is 17.1 Å². The second-order valence-electron chi connectivity index (χ2n) is 2.61. The summed E-state index contributed by atoms with van der Waals surface area (Å²) in [4.78, 5) is 11.4. The van der Waals surface area contributed by atoms with Crippen molar-refractivity contribution < 1.29 is 4.79 Å². The van der Waals surface area contributed by atoms with Gasteiger partial charge in [-0.1, -0.05) is 37.3 Å². The highest BCUT2D eigenvalue weighted by molar-refractivity contribution is 7.81. The molecule has 0 amide bonds. The van der Waals surface area contributed by atoms with Gasteiger partial charge >= 0.3 is 0 Å². The van der Waals surface area contributed by atoms with Crippen LogP contribution in [0, 0.1) is 0 Å². The Morgan fingerprint density at radius 1 is 1.38 bits per heavy atom. The lowest BCUT2D eigenvalue weighted by atomic mass is 10.4. The molecule has 1 rings (SSSR count). The lowest BCUT2D eigenvalue weighted by Crippen LogP contribution is -2.10. The van der Waals surface area contributed by atoms with Crippen LogP contribution < -0.4 is 5.30 Å². The molecule has 1 atom stereocenters. The van der Waals surface area contributed by atoms with Gasteiger partial charge in [0.2, 0.25) is 0 Å². The van der Waals surface area contributed by atoms with Crippen molar-refractivity contribution in [3.8, 4) is 0 Å². The van der Waals surface area contributed by atoms with E-state index in [2.05, 4.69) is 0 Å². The van der Waals surface area contributed by atoms with Crippen LogP contribution in [0.15, 0.2) is 30.3 Å². The first kappa shape index (κ1) is 10.7. The summed E-state index contributed by atoms with van der Waals surface area (Å²) < 4.78 is 0. The Morgan fingerprint density at radius 2 is 2.00 bits per heavy atom. The van der Waals surface area contributed by atoms with Crippen LogP contribution in [-0.2, 0) is 4.79 Å². The Balaban J connectivity index is 2.85. The van der Waals surface area contributed by atoms with Gasteiger partial charge in [-0.2, -0.15) is 0 Å². The number of benzene rings is 1. The third kappa shape index (κ3) is 2.79. The van der Waals surface area contributed by atoms with Gasteiger partial charge < -0.3 is 0 Å². The van der Waals surface area contributed by atoms with Gasteiger partial charge in [0.25, 0.3) is 0 Å². The molecular weight excluding hydrogens is 203 g/mol. The SMILES string of the molecule is CCP(C(=O)CCl)c1ccccc1. The Bertz CT molecular complexity index is 274. The normalized spacial score (nSPS) is 12.5. The Labute approximate surface area is 84.9 Å². The molecule has 0 heterocycles. The quantitative estimate of drug-likeness (QED) is 0.556. The molecule has 0 saturated heterocycles. The van der Waals surface area contributed by atoms with E-state index in [1.165, 1.54) is 0 Å². The predicted octanol–water partition coefficient (Wildman–Crippen LogP) is 2.58. The van der Waals surface area contributed by atoms with Gasteiger partial charge in [0.15, 0.2) is 5.52 Å². The molecule has 0 aliphatic rings. The third-order valence-electron chi connectivity index (χ3n) is 1.80. The highest BCUT2D eigenvalue weighted by Crippen LogP contribution is 2.34. The molecule has 1 aromatic carbocycles. The van der Waals surface area contributed by atoms with Crippen LogP contribution in [0.25, 0.3) is 0 Å². The fourth-order valence-corrected chi connectivity index (χ4v) is 3.30. The summed E-state index contributed by atoms with van der Waals surface area (Å²) in [6.45, 7) is 2.03. The average Bonchev–Trinajstić information content (AvgIpc) is 2.20. The Hall–Kier alpha value is -0.390. The first-order valence-corrected chi connectivity index (χ1v) is 6.27. The van der Waals surface area contributed by atoms with Gasteiger partial charge in [-0.3, -0.25) is 4.79 Å². The van der Waals surface area contributed by atoms with Crippen LogP contribution in [0.5, 0.6) is 0 Å². The maximum Gasteiger partial charge on any atom is 0.173 e. The minimum Gasteiger partial charge on any atom is -0.293 e. The van der Waals surface area contributed by atoms with Gasteiger partial charge in [-0.25, -0.2) is 0 Å². The van der Waals surface area contributed by atoms with Crippen molar-refractivity contribution >= 4 is 30.4 Å². The van der Waals surface area contributed by atoms with Crippen molar-refractivity contribution in [3.63, 3.8) is 0 Å². The van der Waals surface area contributed by atoms with E-state index >= 15 is 0 Å². The highest BCUT2D eigenvalue weighted by atomic mass is 35.5. The van der Waals surface area contributed by atoms with Crippen LogP contribution in [0.1, 0.15) is 6.92 Å². The van der Waals surface area contributed by atoms with Crippen molar-refractivity contribution in [2.75, 3.05) is 12.0 Å². The van der Waals surface area contributed by atoms with Gasteiger partial charge in [-0.05, 0) is 19.4 Å². The highest BCUT2D eigenvalue weighted by Gasteiger charge is 2.15. The minimum absolute atomic E-state index is 0.133. The van der Waals surface area contributed by atoms with E-state index in [1.807, 2.05) is 37.3 Å². The van der Waals surface area contributed by atoms with Crippen molar-refractivity contribution in [1.82, 2.24) is 0 Å². The zero-order valence-electron chi connectivity index (χ0n) is 7.53. The maximum absolute atomic E-state index is 11.4. The van der Waals surface area contributed by atoms with E-state index in [9.17, 15) is 4.79 Å². The number of hydrogen-bond acceptors (Lipinski definition) is 1. The zero-order chi connectivity index (χ0) is 9.68.